The van der Waals surface area contributed by atoms with E-state index < -0.39 is 55.2 Å². The molecule has 3 nitrogen and oxygen atoms in total. The Bertz CT molecular complexity index is 520. The smallest absolute Gasteiger partial charge is 0.382 e. The van der Waals surface area contributed by atoms with E-state index in [1.807, 2.05) is 0 Å². The maximum absolute atomic E-state index is 13.4. The van der Waals surface area contributed by atoms with Crippen molar-refractivity contribution in [3.63, 3.8) is 0 Å². The molecule has 30 heavy (non-hydrogen) atoms. The third kappa shape index (κ3) is 5.81. The summed E-state index contributed by atoms with van der Waals surface area (Å²) >= 11 is 0. The van der Waals surface area contributed by atoms with Gasteiger partial charge in [-0.3, -0.25) is 0 Å². The van der Waals surface area contributed by atoms with Gasteiger partial charge in [0.25, 0.3) is 0 Å². The molecule has 182 valence electrons. The van der Waals surface area contributed by atoms with E-state index in [-0.39, 0.29) is 26.4 Å². The third-order valence-electron chi connectivity index (χ3n) is 3.58. The summed E-state index contributed by atoms with van der Waals surface area (Å²) in [6.45, 7) is -0.825. The molecule has 0 aromatic rings. The van der Waals surface area contributed by atoms with Crippen molar-refractivity contribution in [1.29, 1.82) is 0 Å². The summed E-state index contributed by atoms with van der Waals surface area (Å²) in [5.41, 5.74) is 0. The number of alkyl halides is 13. The molecule has 0 radical (unpaired) electrons. The Morgan fingerprint density at radius 2 is 0.900 bits per heavy atom. The van der Waals surface area contributed by atoms with E-state index in [1.165, 1.54) is 7.11 Å². The van der Waals surface area contributed by atoms with Crippen molar-refractivity contribution < 1.29 is 71.3 Å². The van der Waals surface area contributed by atoms with Crippen molar-refractivity contribution in [2.45, 2.75) is 48.6 Å². The molecule has 0 N–H and O–H groups in total. The predicted molar refractivity (Wildman–Crippen MR) is 73.5 cm³/mol. The van der Waals surface area contributed by atoms with Gasteiger partial charge in [-0.15, -0.1) is 0 Å². The fraction of sp³-hybridized carbons (Fsp3) is 1.00. The van der Waals surface area contributed by atoms with E-state index in [0.717, 1.165) is 0 Å². The number of hydrogen-bond acceptors (Lipinski definition) is 3. The highest BCUT2D eigenvalue weighted by atomic mass is 19.4. The average molecular weight is 480 g/mol. The van der Waals surface area contributed by atoms with E-state index in [9.17, 15) is 57.1 Å². The molecule has 0 saturated carbocycles. The molecule has 0 atom stereocenters. The van der Waals surface area contributed by atoms with Gasteiger partial charge in [-0.2, -0.15) is 57.1 Å². The first-order chi connectivity index (χ1) is 13.3. The summed E-state index contributed by atoms with van der Waals surface area (Å²) in [5, 5.41) is 0. The summed E-state index contributed by atoms with van der Waals surface area (Å²) in [4.78, 5) is 0. The summed E-state index contributed by atoms with van der Waals surface area (Å²) in [6.07, 6.45) is -10.8. The minimum Gasteiger partial charge on any atom is -0.382 e. The standard InChI is InChI=1S/C14H17F13O3/c1-28-5-6-30-8-7-29-4-2-3-9(15,16)10(17,18)11(19,20)12(21,22)13(23,24)14(25,26)27/h2-8H2,1H3. The molecule has 0 rings (SSSR count). The zero-order valence-corrected chi connectivity index (χ0v) is 15.1. The first-order valence-corrected chi connectivity index (χ1v) is 7.91. The number of rotatable bonds is 14. The van der Waals surface area contributed by atoms with Crippen LogP contribution in [-0.4, -0.2) is 75.9 Å². The van der Waals surface area contributed by atoms with Gasteiger partial charge in [-0.1, -0.05) is 0 Å². The van der Waals surface area contributed by atoms with Gasteiger partial charge in [0, 0.05) is 20.1 Å². The summed E-state index contributed by atoms with van der Waals surface area (Å²) in [6, 6.07) is 0. The van der Waals surface area contributed by atoms with Gasteiger partial charge in [-0.25, -0.2) is 0 Å². The second kappa shape index (κ2) is 10.1. The van der Waals surface area contributed by atoms with Crippen LogP contribution in [0.15, 0.2) is 0 Å². The molecule has 0 unspecified atom stereocenters. The Labute approximate surface area is 161 Å². The molecule has 0 aliphatic heterocycles. The molecule has 0 bridgehead atoms. The summed E-state index contributed by atoms with van der Waals surface area (Å²) in [7, 11) is 1.36. The summed E-state index contributed by atoms with van der Waals surface area (Å²) < 4.78 is 181. The Morgan fingerprint density at radius 3 is 1.33 bits per heavy atom. The lowest BCUT2D eigenvalue weighted by Gasteiger charge is -2.39. The first-order valence-electron chi connectivity index (χ1n) is 7.91. The van der Waals surface area contributed by atoms with Crippen molar-refractivity contribution in [3.05, 3.63) is 0 Å². The minimum absolute atomic E-state index is 0.104. The van der Waals surface area contributed by atoms with Gasteiger partial charge in [0.15, 0.2) is 0 Å². The van der Waals surface area contributed by atoms with Crippen LogP contribution in [0.4, 0.5) is 57.1 Å². The largest absolute Gasteiger partial charge is 0.460 e. The van der Waals surface area contributed by atoms with Crippen LogP contribution in [0.5, 0.6) is 0 Å². The molecular weight excluding hydrogens is 463 g/mol. The molecule has 0 aromatic heterocycles. The minimum atomic E-state index is -7.87. The normalized spacial score (nSPS) is 15.0. The van der Waals surface area contributed by atoms with Gasteiger partial charge < -0.3 is 14.2 Å². The van der Waals surface area contributed by atoms with Gasteiger partial charge in [0.2, 0.25) is 0 Å². The quantitative estimate of drug-likeness (QED) is 0.253. The monoisotopic (exact) mass is 480 g/mol. The first kappa shape index (κ1) is 29.0. The van der Waals surface area contributed by atoms with Gasteiger partial charge in [0.05, 0.1) is 26.4 Å². The third-order valence-corrected chi connectivity index (χ3v) is 3.58. The van der Waals surface area contributed by atoms with Crippen LogP contribution in [0.2, 0.25) is 0 Å². The molecular formula is C14H17F13O3. The molecule has 16 heteroatoms. The molecule has 0 aliphatic rings. The Hall–Kier alpha value is -1.03. The SMILES string of the molecule is COCCOCCOCCCC(F)(F)C(F)(F)C(F)(F)C(F)(F)C(F)(F)C(F)(F)F. The van der Waals surface area contributed by atoms with E-state index in [1.54, 1.807) is 0 Å². The predicted octanol–water partition coefficient (Wildman–Crippen LogP) is 5.19. The highest BCUT2D eigenvalue weighted by Gasteiger charge is 2.90. The lowest BCUT2D eigenvalue weighted by atomic mass is 9.92. The van der Waals surface area contributed by atoms with Crippen molar-refractivity contribution in [1.82, 2.24) is 0 Å². The second-order valence-electron chi connectivity index (χ2n) is 5.82. The molecule has 0 aromatic carbocycles. The van der Waals surface area contributed by atoms with E-state index >= 15 is 0 Å². The molecule has 0 spiro atoms. The van der Waals surface area contributed by atoms with Gasteiger partial charge >= 0.3 is 35.8 Å². The zero-order chi connectivity index (χ0) is 24.1. The topological polar surface area (TPSA) is 27.7 Å². The van der Waals surface area contributed by atoms with E-state index in [0.29, 0.717) is 0 Å². The molecule has 0 heterocycles. The number of ether oxygens (including phenoxy) is 3. The number of hydrogen-bond donors (Lipinski definition) is 0. The highest BCUT2D eigenvalue weighted by Crippen LogP contribution is 2.60. The number of methoxy groups -OCH3 is 1. The van der Waals surface area contributed by atoms with Crippen LogP contribution in [0.25, 0.3) is 0 Å². The number of halogens is 13. The zero-order valence-electron chi connectivity index (χ0n) is 15.1. The van der Waals surface area contributed by atoms with Crippen molar-refractivity contribution in [2.75, 3.05) is 40.1 Å². The molecule has 0 saturated heterocycles. The van der Waals surface area contributed by atoms with Crippen molar-refractivity contribution in [2.24, 2.45) is 0 Å². The van der Waals surface area contributed by atoms with E-state index in [2.05, 4.69) is 9.47 Å². The Balaban J connectivity index is 5.08. The second-order valence-corrected chi connectivity index (χ2v) is 5.82. The van der Waals surface area contributed by atoms with E-state index in [4.69, 9.17) is 4.74 Å². The fourth-order valence-electron chi connectivity index (χ4n) is 1.82. The van der Waals surface area contributed by atoms with Gasteiger partial charge in [-0.05, 0) is 6.42 Å². The average Bonchev–Trinajstić information content (AvgIpc) is 2.58. The lowest BCUT2D eigenvalue weighted by Crippen LogP contribution is -2.70. The van der Waals surface area contributed by atoms with Crippen LogP contribution in [0, 0.1) is 0 Å². The lowest BCUT2D eigenvalue weighted by molar-refractivity contribution is -0.440. The van der Waals surface area contributed by atoms with Gasteiger partial charge in [0.1, 0.15) is 0 Å². The highest BCUT2D eigenvalue weighted by molar-refractivity contribution is 5.10. The van der Waals surface area contributed by atoms with Crippen LogP contribution >= 0.6 is 0 Å². The summed E-state index contributed by atoms with van der Waals surface area (Å²) in [5.74, 6) is -36.7. The maximum atomic E-state index is 13.4. The van der Waals surface area contributed by atoms with Crippen LogP contribution < -0.4 is 0 Å². The maximum Gasteiger partial charge on any atom is 0.460 e. The fourth-order valence-corrected chi connectivity index (χ4v) is 1.82. The van der Waals surface area contributed by atoms with Crippen LogP contribution in [-0.2, 0) is 14.2 Å². The van der Waals surface area contributed by atoms with Crippen molar-refractivity contribution >= 4 is 0 Å². The molecule has 0 aliphatic carbocycles. The molecule has 0 fully saturated rings. The Kier molecular flexibility index (Phi) is 9.71. The Morgan fingerprint density at radius 1 is 0.500 bits per heavy atom. The van der Waals surface area contributed by atoms with Crippen LogP contribution in [0.1, 0.15) is 12.8 Å². The van der Waals surface area contributed by atoms with Crippen molar-refractivity contribution in [3.8, 4) is 0 Å². The van der Waals surface area contributed by atoms with Crippen LogP contribution in [0.3, 0.4) is 0 Å². The molecule has 0 amide bonds.